The molecule has 0 unspecified atom stereocenters. The lowest BCUT2D eigenvalue weighted by Crippen LogP contribution is -2.54. The molecule has 4 aliphatic heterocycles. The van der Waals surface area contributed by atoms with Gasteiger partial charge < -0.3 is 5.32 Å². The molecule has 3 saturated heterocycles. The quantitative estimate of drug-likeness (QED) is 0.693. The number of benzene rings is 2. The van der Waals surface area contributed by atoms with Crippen LogP contribution in [0.3, 0.4) is 0 Å². The van der Waals surface area contributed by atoms with Gasteiger partial charge in [-0.2, -0.15) is 0 Å². The number of rotatable bonds is 1. The van der Waals surface area contributed by atoms with Crippen molar-refractivity contribution in [3.05, 3.63) is 58.4 Å². The number of nitrogens with one attached hydrogen (secondary N) is 1. The van der Waals surface area contributed by atoms with Crippen molar-refractivity contribution in [2.45, 2.75) is 31.3 Å². The molecule has 31 heavy (non-hydrogen) atoms. The predicted octanol–water partition coefficient (Wildman–Crippen LogP) is 3.22. The highest BCUT2D eigenvalue weighted by molar-refractivity contribution is 6.35. The summed E-state index contributed by atoms with van der Waals surface area (Å²) in [5, 5.41) is 3.33. The van der Waals surface area contributed by atoms with Crippen molar-refractivity contribution in [3.63, 3.8) is 0 Å². The highest BCUT2D eigenvalue weighted by Crippen LogP contribution is 2.61. The molecular weight excluding hydrogens is 421 g/mol. The Kier molecular flexibility index (Phi) is 3.76. The van der Waals surface area contributed by atoms with E-state index in [4.69, 9.17) is 11.6 Å². The second-order valence-corrected chi connectivity index (χ2v) is 9.19. The largest absolute Gasteiger partial charge is 0.323 e. The Hall–Kier alpha value is -2.77. The summed E-state index contributed by atoms with van der Waals surface area (Å²) in [6.45, 7) is 2.52. The molecule has 6 rings (SSSR count). The molecule has 3 fully saturated rings. The molecule has 2 aromatic rings. The lowest BCUT2D eigenvalue weighted by Gasteiger charge is -2.36. The molecule has 1 N–H and O–H groups in total. The fourth-order valence-electron chi connectivity index (χ4n) is 6.24. The molecule has 4 heterocycles. The van der Waals surface area contributed by atoms with Gasteiger partial charge in [-0.25, -0.2) is 9.29 Å². The number of nitrogens with zero attached hydrogens (tertiary/aromatic N) is 2. The zero-order valence-electron chi connectivity index (χ0n) is 16.7. The molecule has 158 valence electrons. The van der Waals surface area contributed by atoms with E-state index in [1.807, 2.05) is 13.0 Å². The highest BCUT2D eigenvalue weighted by atomic mass is 35.5. The van der Waals surface area contributed by atoms with Crippen molar-refractivity contribution >= 4 is 40.7 Å². The molecular formula is C23H19ClFN3O3. The maximum absolute atomic E-state index is 13.8. The Bertz CT molecular complexity index is 1180. The van der Waals surface area contributed by atoms with Crippen LogP contribution in [0.4, 0.5) is 15.8 Å². The summed E-state index contributed by atoms with van der Waals surface area (Å²) in [4.78, 5) is 44.1. The van der Waals surface area contributed by atoms with Crippen LogP contribution in [0.5, 0.6) is 0 Å². The van der Waals surface area contributed by atoms with Crippen LogP contribution >= 0.6 is 11.6 Å². The number of amides is 3. The number of carbonyl (C=O) groups excluding carboxylic acids is 3. The minimum atomic E-state index is -1.27. The molecule has 0 saturated carbocycles. The SMILES string of the molecule is Cc1cc(Cl)c2c(c1)[C@]1(C(=O)N2)[C@@H]2C(=O)N(c3ccc(F)cc3)C(=O)[C@@H]2[C@H]2CCCN21. The molecule has 2 aromatic carbocycles. The molecule has 0 aliphatic carbocycles. The van der Waals surface area contributed by atoms with Crippen molar-refractivity contribution in [2.24, 2.45) is 11.8 Å². The average Bonchev–Trinajstić information content (AvgIpc) is 3.42. The van der Waals surface area contributed by atoms with Gasteiger partial charge in [0.15, 0.2) is 0 Å². The number of halogens is 2. The van der Waals surface area contributed by atoms with E-state index in [1.54, 1.807) is 6.07 Å². The second-order valence-electron chi connectivity index (χ2n) is 8.78. The number of anilines is 2. The van der Waals surface area contributed by atoms with Crippen LogP contribution in [0.2, 0.25) is 5.02 Å². The minimum Gasteiger partial charge on any atom is -0.323 e. The van der Waals surface area contributed by atoms with Gasteiger partial charge in [-0.15, -0.1) is 0 Å². The van der Waals surface area contributed by atoms with E-state index in [0.717, 1.165) is 23.3 Å². The van der Waals surface area contributed by atoms with Crippen LogP contribution in [-0.2, 0) is 19.9 Å². The Morgan fingerprint density at radius 2 is 1.87 bits per heavy atom. The first-order valence-electron chi connectivity index (χ1n) is 10.4. The first-order valence-corrected chi connectivity index (χ1v) is 10.8. The van der Waals surface area contributed by atoms with E-state index in [9.17, 15) is 18.8 Å². The van der Waals surface area contributed by atoms with Crippen molar-refractivity contribution in [2.75, 3.05) is 16.8 Å². The topological polar surface area (TPSA) is 69.7 Å². The summed E-state index contributed by atoms with van der Waals surface area (Å²) in [6, 6.07) is 8.77. The van der Waals surface area contributed by atoms with E-state index < -0.39 is 29.1 Å². The molecule has 3 amide bonds. The molecule has 0 radical (unpaired) electrons. The van der Waals surface area contributed by atoms with Crippen LogP contribution in [0.1, 0.15) is 24.0 Å². The lowest BCUT2D eigenvalue weighted by atomic mass is 9.75. The standard InChI is InChI=1S/C23H19ClFN3O3/c1-11-9-14-19(15(24)10-11)26-22(31)23(14)18-17(16-3-2-8-27(16)23)20(29)28(21(18)30)13-6-4-12(25)5-7-13/h4-7,9-10,16-18H,2-3,8H2,1H3,(H,26,31)/t16-,17-,18+,23-/m1/s1. The fraction of sp³-hybridized carbons (Fsp3) is 0.348. The Balaban J connectivity index is 1.57. The van der Waals surface area contributed by atoms with Crippen molar-refractivity contribution in [1.82, 2.24) is 4.90 Å². The molecule has 4 atom stereocenters. The summed E-state index contributed by atoms with van der Waals surface area (Å²) in [5.74, 6) is -2.98. The highest BCUT2D eigenvalue weighted by Gasteiger charge is 2.74. The Morgan fingerprint density at radius 1 is 1.13 bits per heavy atom. The van der Waals surface area contributed by atoms with Gasteiger partial charge in [0.1, 0.15) is 11.4 Å². The van der Waals surface area contributed by atoms with Gasteiger partial charge in [-0.3, -0.25) is 19.3 Å². The molecule has 0 aromatic heterocycles. The summed E-state index contributed by atoms with van der Waals surface area (Å²) in [6.07, 6.45) is 1.58. The summed E-state index contributed by atoms with van der Waals surface area (Å²) in [7, 11) is 0. The van der Waals surface area contributed by atoms with Gasteiger partial charge in [-0.1, -0.05) is 17.7 Å². The van der Waals surface area contributed by atoms with E-state index in [2.05, 4.69) is 10.2 Å². The lowest BCUT2D eigenvalue weighted by molar-refractivity contribution is -0.135. The van der Waals surface area contributed by atoms with Crippen LogP contribution < -0.4 is 10.2 Å². The molecule has 6 nitrogen and oxygen atoms in total. The molecule has 4 aliphatic rings. The van der Waals surface area contributed by atoms with Crippen LogP contribution in [0, 0.1) is 24.6 Å². The zero-order valence-corrected chi connectivity index (χ0v) is 17.4. The number of hydrogen-bond acceptors (Lipinski definition) is 4. The normalized spacial score (nSPS) is 31.4. The smallest absolute Gasteiger partial charge is 0.250 e. The minimum absolute atomic E-state index is 0.206. The summed E-state index contributed by atoms with van der Waals surface area (Å²) in [5.41, 5.74) is 1.13. The fourth-order valence-corrected chi connectivity index (χ4v) is 6.56. The van der Waals surface area contributed by atoms with E-state index in [0.29, 0.717) is 28.5 Å². The monoisotopic (exact) mass is 439 g/mol. The summed E-state index contributed by atoms with van der Waals surface area (Å²) < 4.78 is 13.4. The maximum atomic E-state index is 13.8. The molecule has 1 spiro atoms. The first-order chi connectivity index (χ1) is 14.9. The van der Waals surface area contributed by atoms with Crippen molar-refractivity contribution < 1.29 is 18.8 Å². The molecule has 0 bridgehead atoms. The van der Waals surface area contributed by atoms with Gasteiger partial charge in [0.05, 0.1) is 28.2 Å². The first kappa shape index (κ1) is 19.0. The third kappa shape index (κ3) is 2.18. The Morgan fingerprint density at radius 3 is 2.61 bits per heavy atom. The van der Waals surface area contributed by atoms with Crippen LogP contribution in [0.15, 0.2) is 36.4 Å². The van der Waals surface area contributed by atoms with Gasteiger partial charge in [-0.05, 0) is 62.2 Å². The molecule has 8 heteroatoms. The van der Waals surface area contributed by atoms with Crippen molar-refractivity contribution in [1.29, 1.82) is 0 Å². The third-order valence-corrected chi connectivity index (χ3v) is 7.58. The van der Waals surface area contributed by atoms with E-state index in [1.165, 1.54) is 24.3 Å². The third-order valence-electron chi connectivity index (χ3n) is 7.28. The summed E-state index contributed by atoms with van der Waals surface area (Å²) >= 11 is 6.46. The van der Waals surface area contributed by atoms with E-state index in [-0.39, 0.29) is 17.9 Å². The Labute approximate surface area is 183 Å². The van der Waals surface area contributed by atoms with Crippen LogP contribution in [0.25, 0.3) is 0 Å². The predicted molar refractivity (Wildman–Crippen MR) is 112 cm³/mol. The number of aryl methyl sites for hydroxylation is 1. The van der Waals surface area contributed by atoms with Gasteiger partial charge in [0, 0.05) is 11.6 Å². The number of carbonyl (C=O) groups is 3. The zero-order chi connectivity index (χ0) is 21.7. The van der Waals surface area contributed by atoms with E-state index >= 15 is 0 Å². The van der Waals surface area contributed by atoms with Gasteiger partial charge in [0.25, 0.3) is 5.91 Å². The van der Waals surface area contributed by atoms with Gasteiger partial charge in [0.2, 0.25) is 11.8 Å². The number of imide groups is 1. The average molecular weight is 440 g/mol. The maximum Gasteiger partial charge on any atom is 0.250 e. The number of hydrogen-bond donors (Lipinski definition) is 1. The van der Waals surface area contributed by atoms with Crippen molar-refractivity contribution in [3.8, 4) is 0 Å². The van der Waals surface area contributed by atoms with Crippen LogP contribution in [-0.4, -0.2) is 35.2 Å². The van der Waals surface area contributed by atoms with Gasteiger partial charge >= 0.3 is 0 Å². The second kappa shape index (κ2) is 6.14. The number of fused-ring (bicyclic) bond motifs is 7.